The normalized spacial score (nSPS) is 15.3. The first-order valence-electron chi connectivity index (χ1n) is 11.6. The third-order valence-electron chi connectivity index (χ3n) is 5.66. The summed E-state index contributed by atoms with van der Waals surface area (Å²) in [5, 5.41) is 0. The Kier molecular flexibility index (Phi) is 12.0. The van der Waals surface area contributed by atoms with E-state index in [1.165, 1.54) is 30.9 Å². The highest BCUT2D eigenvalue weighted by Gasteiger charge is 2.17. The maximum atomic E-state index is 12.5. The third-order valence-corrected chi connectivity index (χ3v) is 5.66. The van der Waals surface area contributed by atoms with Crippen molar-refractivity contribution in [3.63, 3.8) is 0 Å². The lowest BCUT2D eigenvalue weighted by molar-refractivity contribution is 0.103. The Morgan fingerprint density at radius 3 is 2.24 bits per heavy atom. The number of rotatable bonds is 12. The van der Waals surface area contributed by atoms with Gasteiger partial charge in [-0.05, 0) is 45.6 Å². The molecule has 0 radical (unpaired) electrons. The van der Waals surface area contributed by atoms with Crippen LogP contribution in [0.15, 0.2) is 51.9 Å². The Labute approximate surface area is 200 Å². The fourth-order valence-corrected chi connectivity index (χ4v) is 4.02. The van der Waals surface area contributed by atoms with E-state index in [1.807, 2.05) is 0 Å². The van der Waals surface area contributed by atoms with E-state index in [1.54, 1.807) is 14.0 Å². The first kappa shape index (κ1) is 28.5. The van der Waals surface area contributed by atoms with Gasteiger partial charge < -0.3 is 19.2 Å². The van der Waals surface area contributed by atoms with Gasteiger partial charge in [0, 0.05) is 30.7 Å². The van der Waals surface area contributed by atoms with Crippen molar-refractivity contribution in [1.29, 1.82) is 0 Å². The summed E-state index contributed by atoms with van der Waals surface area (Å²) < 4.78 is 16.2. The minimum Gasteiger partial charge on any atom is -0.488 e. The van der Waals surface area contributed by atoms with Crippen LogP contribution < -0.4 is 14.9 Å². The highest BCUT2D eigenvalue weighted by atomic mass is 16.5. The largest absolute Gasteiger partial charge is 0.488 e. The topological polar surface area (TPSA) is 60.5 Å². The van der Waals surface area contributed by atoms with Crippen LogP contribution in [0.4, 0.5) is 0 Å². The Bertz CT molecular complexity index is 947. The molecule has 5 nitrogen and oxygen atoms in total. The summed E-state index contributed by atoms with van der Waals surface area (Å²) in [5.74, 6) is 1.37. The molecule has 1 N–H and O–H groups in total. The van der Waals surface area contributed by atoms with Crippen molar-refractivity contribution < 1.29 is 14.2 Å². The molecule has 1 heterocycles. The number of hydrogen-bond donors (Lipinski definition) is 1. The Morgan fingerprint density at radius 2 is 1.70 bits per heavy atom. The fraction of sp³-hybridized carbons (Fsp3) is 0.536. The van der Waals surface area contributed by atoms with Crippen molar-refractivity contribution in [3.8, 4) is 11.6 Å². The first-order valence-corrected chi connectivity index (χ1v) is 11.6. The zero-order valence-electron chi connectivity index (χ0n) is 22.2. The molecule has 0 aromatic carbocycles. The van der Waals surface area contributed by atoms with Crippen molar-refractivity contribution in [1.82, 2.24) is 4.98 Å². The standard InChI is InChI=1S/C28H43NO4/c1-18(2)16-21(5)26(31-8)22(6)17-20(4)13-11-12-19(3)14-15-24-23(7)25(30)27(32-9)28(29-24)33-10/h11,13-14,16-18,22,26H,12,15H2,1-10H3,(H,29,30)/t22-,26+/m0/s1. The summed E-state index contributed by atoms with van der Waals surface area (Å²) in [6, 6.07) is 0. The van der Waals surface area contributed by atoms with Crippen LogP contribution in [0.25, 0.3) is 0 Å². The van der Waals surface area contributed by atoms with E-state index in [-0.39, 0.29) is 23.2 Å². The van der Waals surface area contributed by atoms with Crippen molar-refractivity contribution >= 4 is 0 Å². The molecule has 0 spiro atoms. The predicted molar refractivity (Wildman–Crippen MR) is 138 cm³/mol. The summed E-state index contributed by atoms with van der Waals surface area (Å²) in [6.07, 6.45) is 12.6. The highest BCUT2D eigenvalue weighted by Crippen LogP contribution is 2.23. The maximum absolute atomic E-state index is 12.5. The van der Waals surface area contributed by atoms with Gasteiger partial charge in [0.05, 0.1) is 20.3 Å². The summed E-state index contributed by atoms with van der Waals surface area (Å²) in [7, 11) is 4.77. The van der Waals surface area contributed by atoms with Gasteiger partial charge in [-0.3, -0.25) is 4.79 Å². The van der Waals surface area contributed by atoms with Gasteiger partial charge in [0.2, 0.25) is 17.1 Å². The van der Waals surface area contributed by atoms with Crippen LogP contribution in [0.3, 0.4) is 0 Å². The highest BCUT2D eigenvalue weighted by molar-refractivity contribution is 5.40. The zero-order chi connectivity index (χ0) is 25.1. The molecule has 1 aromatic rings. The zero-order valence-corrected chi connectivity index (χ0v) is 22.2. The summed E-state index contributed by atoms with van der Waals surface area (Å²) in [4.78, 5) is 15.6. The second-order valence-corrected chi connectivity index (χ2v) is 9.07. The first-order chi connectivity index (χ1) is 15.5. The monoisotopic (exact) mass is 457 g/mol. The van der Waals surface area contributed by atoms with E-state index in [9.17, 15) is 4.79 Å². The Morgan fingerprint density at radius 1 is 1.03 bits per heavy atom. The van der Waals surface area contributed by atoms with E-state index in [4.69, 9.17) is 14.2 Å². The van der Waals surface area contributed by atoms with E-state index >= 15 is 0 Å². The molecule has 0 amide bonds. The minimum absolute atomic E-state index is 0.0873. The molecule has 0 bridgehead atoms. The molecule has 0 aliphatic carbocycles. The second kappa shape index (κ2) is 13.9. The van der Waals surface area contributed by atoms with Gasteiger partial charge in [-0.1, -0.05) is 62.3 Å². The molecule has 2 atom stereocenters. The molecular formula is C28H43NO4. The molecule has 33 heavy (non-hydrogen) atoms. The van der Waals surface area contributed by atoms with Gasteiger partial charge in [0.15, 0.2) is 0 Å². The molecule has 1 rings (SSSR count). The summed E-state index contributed by atoms with van der Waals surface area (Å²) in [6.45, 7) is 14.7. The molecule has 0 saturated carbocycles. The van der Waals surface area contributed by atoms with Crippen molar-refractivity contribution in [3.05, 3.63) is 68.6 Å². The van der Waals surface area contributed by atoms with Crippen LogP contribution >= 0.6 is 0 Å². The van der Waals surface area contributed by atoms with Crippen LogP contribution in [0, 0.1) is 18.8 Å². The van der Waals surface area contributed by atoms with E-state index < -0.39 is 0 Å². The van der Waals surface area contributed by atoms with Gasteiger partial charge in [0.25, 0.3) is 0 Å². The average molecular weight is 458 g/mol. The Hall–Kier alpha value is -2.53. The summed E-state index contributed by atoms with van der Waals surface area (Å²) >= 11 is 0. The lowest BCUT2D eigenvalue weighted by Crippen LogP contribution is -2.21. The van der Waals surface area contributed by atoms with Crippen LogP contribution in [0.5, 0.6) is 11.6 Å². The van der Waals surface area contributed by atoms with Gasteiger partial charge >= 0.3 is 0 Å². The van der Waals surface area contributed by atoms with Crippen molar-refractivity contribution in [2.75, 3.05) is 21.3 Å². The number of allylic oxidation sites excluding steroid dienone is 6. The van der Waals surface area contributed by atoms with Crippen molar-refractivity contribution in [2.24, 2.45) is 11.8 Å². The van der Waals surface area contributed by atoms with E-state index in [0.717, 1.165) is 12.1 Å². The van der Waals surface area contributed by atoms with Crippen LogP contribution in [0.2, 0.25) is 0 Å². The number of hydrogen-bond acceptors (Lipinski definition) is 4. The third kappa shape index (κ3) is 8.73. The van der Waals surface area contributed by atoms with Crippen molar-refractivity contribution in [2.45, 2.75) is 67.4 Å². The molecule has 0 unspecified atom stereocenters. The number of pyridine rings is 1. The molecule has 0 saturated heterocycles. The number of ether oxygens (including phenoxy) is 3. The quantitative estimate of drug-likeness (QED) is 0.294. The number of nitrogens with one attached hydrogen (secondary N) is 1. The predicted octanol–water partition coefficient (Wildman–Crippen LogP) is 6.34. The molecule has 1 aromatic heterocycles. The van der Waals surface area contributed by atoms with Gasteiger partial charge in [-0.2, -0.15) is 0 Å². The lowest BCUT2D eigenvalue weighted by Gasteiger charge is -2.22. The Balaban J connectivity index is 2.83. The fourth-order valence-electron chi connectivity index (χ4n) is 4.02. The molecule has 0 aliphatic rings. The van der Waals surface area contributed by atoms with Crippen LogP contribution in [-0.4, -0.2) is 32.4 Å². The molecule has 0 fully saturated rings. The molecule has 184 valence electrons. The molecule has 5 heteroatoms. The lowest BCUT2D eigenvalue weighted by atomic mass is 9.94. The van der Waals surface area contributed by atoms with Gasteiger partial charge in [-0.15, -0.1) is 0 Å². The molecule has 0 aliphatic heterocycles. The number of H-pyrrole nitrogens is 1. The minimum atomic E-state index is -0.142. The van der Waals surface area contributed by atoms with Gasteiger partial charge in [0.1, 0.15) is 0 Å². The van der Waals surface area contributed by atoms with Crippen LogP contribution in [-0.2, 0) is 11.2 Å². The molecular weight excluding hydrogens is 414 g/mol. The van der Waals surface area contributed by atoms with Gasteiger partial charge in [-0.25, -0.2) is 0 Å². The average Bonchev–Trinajstić information content (AvgIpc) is 2.74. The van der Waals surface area contributed by atoms with E-state index in [0.29, 0.717) is 23.8 Å². The number of aromatic amines is 1. The van der Waals surface area contributed by atoms with Crippen LogP contribution in [0.1, 0.15) is 59.2 Å². The smallest absolute Gasteiger partial charge is 0.238 e. The second-order valence-electron chi connectivity index (χ2n) is 9.07. The maximum Gasteiger partial charge on any atom is 0.238 e. The number of aromatic nitrogens is 1. The SMILES string of the molecule is COc1[nH]c(CC=C(C)CC=CC(C)=C[C@H](C)[C@H](OC)C(C)=CC(C)C)c(C)c(=O)c1OC. The van der Waals surface area contributed by atoms with E-state index in [2.05, 4.69) is 76.9 Å². The number of methoxy groups -OCH3 is 3. The summed E-state index contributed by atoms with van der Waals surface area (Å²) in [5.41, 5.74) is 5.06.